The van der Waals surface area contributed by atoms with Crippen molar-refractivity contribution in [1.29, 1.82) is 0 Å². The average molecular weight is 204 g/mol. The lowest BCUT2D eigenvalue weighted by molar-refractivity contribution is 0.376. The van der Waals surface area contributed by atoms with Crippen molar-refractivity contribution in [1.82, 2.24) is 4.90 Å². The minimum absolute atomic E-state index is 0.236. The second kappa shape index (κ2) is 3.81. The first-order chi connectivity index (χ1) is 7.18. The highest BCUT2D eigenvalue weighted by molar-refractivity contribution is 5.61. The number of nitrogens with two attached hydrogens (primary N) is 2. The van der Waals surface area contributed by atoms with Crippen molar-refractivity contribution in [2.24, 2.45) is 4.99 Å². The summed E-state index contributed by atoms with van der Waals surface area (Å²) in [5.74, 6) is 0. The molecule has 80 valence electrons. The predicted octanol–water partition coefficient (Wildman–Crippen LogP) is 1.26. The smallest absolute Gasteiger partial charge is 0.0856 e. The Labute approximate surface area is 89.6 Å². The maximum absolute atomic E-state index is 5.93. The molecule has 15 heavy (non-hydrogen) atoms. The van der Waals surface area contributed by atoms with Crippen molar-refractivity contribution < 1.29 is 0 Å². The van der Waals surface area contributed by atoms with Gasteiger partial charge < -0.3 is 16.4 Å². The fourth-order valence-corrected chi connectivity index (χ4v) is 1.82. The summed E-state index contributed by atoms with van der Waals surface area (Å²) in [5.41, 5.74) is 14.3. The van der Waals surface area contributed by atoms with Gasteiger partial charge in [0.1, 0.15) is 0 Å². The lowest BCUT2D eigenvalue weighted by Gasteiger charge is -2.24. The summed E-state index contributed by atoms with van der Waals surface area (Å²) in [7, 11) is 0. The van der Waals surface area contributed by atoms with E-state index < -0.39 is 0 Å². The second-order valence-electron chi connectivity index (χ2n) is 3.82. The van der Waals surface area contributed by atoms with Crippen molar-refractivity contribution >= 4 is 17.7 Å². The van der Waals surface area contributed by atoms with Crippen molar-refractivity contribution in [3.05, 3.63) is 23.8 Å². The first-order valence-electron chi connectivity index (χ1n) is 5.09. The summed E-state index contributed by atoms with van der Waals surface area (Å²) < 4.78 is 0. The highest BCUT2D eigenvalue weighted by Gasteiger charge is 2.17. The Bertz CT molecular complexity index is 386. The maximum Gasteiger partial charge on any atom is 0.0856 e. The van der Waals surface area contributed by atoms with Gasteiger partial charge in [-0.05, 0) is 30.7 Å². The molecule has 0 radical (unpaired) electrons. The Hall–Kier alpha value is -1.71. The highest BCUT2D eigenvalue weighted by atomic mass is 15.2. The van der Waals surface area contributed by atoms with Crippen LogP contribution < -0.4 is 11.5 Å². The van der Waals surface area contributed by atoms with Crippen LogP contribution in [0.2, 0.25) is 0 Å². The molecule has 0 bridgehead atoms. The summed E-state index contributed by atoms with van der Waals surface area (Å²) in [6.45, 7) is 3.93. The molecular formula is C11H16N4. The van der Waals surface area contributed by atoms with Crippen LogP contribution in [0.3, 0.4) is 0 Å². The van der Waals surface area contributed by atoms with Crippen LogP contribution in [0.15, 0.2) is 23.2 Å². The molecule has 4 nitrogen and oxygen atoms in total. The quantitative estimate of drug-likeness (QED) is 0.712. The van der Waals surface area contributed by atoms with Crippen LogP contribution in [0.25, 0.3) is 0 Å². The van der Waals surface area contributed by atoms with Gasteiger partial charge in [-0.25, -0.2) is 0 Å². The molecule has 1 unspecified atom stereocenters. The third-order valence-corrected chi connectivity index (χ3v) is 2.78. The van der Waals surface area contributed by atoms with Gasteiger partial charge >= 0.3 is 0 Å². The van der Waals surface area contributed by atoms with Crippen molar-refractivity contribution in [3.63, 3.8) is 0 Å². The van der Waals surface area contributed by atoms with Crippen LogP contribution in [-0.4, -0.2) is 24.3 Å². The Morgan fingerprint density at radius 1 is 1.40 bits per heavy atom. The normalized spacial score (nSPS) is 17.0. The lowest BCUT2D eigenvalue weighted by Crippen LogP contribution is -2.24. The van der Waals surface area contributed by atoms with Gasteiger partial charge in [-0.3, -0.25) is 4.99 Å². The molecule has 0 amide bonds. The van der Waals surface area contributed by atoms with E-state index in [1.54, 1.807) is 0 Å². The fourth-order valence-electron chi connectivity index (χ4n) is 1.82. The number of rotatable bonds is 2. The summed E-state index contributed by atoms with van der Waals surface area (Å²) in [6, 6.07) is 5.85. The van der Waals surface area contributed by atoms with Crippen molar-refractivity contribution in [2.75, 3.05) is 24.6 Å². The minimum atomic E-state index is 0.236. The van der Waals surface area contributed by atoms with Gasteiger partial charge in [0.15, 0.2) is 0 Å². The Balaban J connectivity index is 2.27. The number of hydrogen-bond acceptors (Lipinski definition) is 4. The molecule has 1 aliphatic rings. The van der Waals surface area contributed by atoms with E-state index in [9.17, 15) is 0 Å². The van der Waals surface area contributed by atoms with Gasteiger partial charge in [0.25, 0.3) is 0 Å². The average Bonchev–Trinajstić information content (AvgIpc) is 2.74. The molecule has 1 heterocycles. The molecule has 0 aliphatic carbocycles. The molecule has 0 fully saturated rings. The van der Waals surface area contributed by atoms with Gasteiger partial charge in [0.05, 0.1) is 18.9 Å². The molecule has 2 rings (SSSR count). The third kappa shape index (κ3) is 1.88. The van der Waals surface area contributed by atoms with Crippen LogP contribution in [0.5, 0.6) is 0 Å². The van der Waals surface area contributed by atoms with E-state index in [0.29, 0.717) is 0 Å². The summed E-state index contributed by atoms with van der Waals surface area (Å²) >= 11 is 0. The first-order valence-corrected chi connectivity index (χ1v) is 5.09. The molecule has 0 aromatic heterocycles. The zero-order valence-corrected chi connectivity index (χ0v) is 8.85. The Morgan fingerprint density at radius 3 is 2.87 bits per heavy atom. The van der Waals surface area contributed by atoms with E-state index in [1.165, 1.54) is 0 Å². The number of anilines is 2. The molecule has 0 spiro atoms. The van der Waals surface area contributed by atoms with E-state index in [1.807, 2.05) is 24.5 Å². The van der Waals surface area contributed by atoms with E-state index in [2.05, 4.69) is 16.8 Å². The number of nitrogen functional groups attached to an aromatic ring is 2. The highest BCUT2D eigenvalue weighted by Crippen LogP contribution is 2.27. The van der Waals surface area contributed by atoms with E-state index in [0.717, 1.165) is 30.0 Å². The summed E-state index contributed by atoms with van der Waals surface area (Å²) in [5, 5.41) is 0. The molecular weight excluding hydrogens is 188 g/mol. The SMILES string of the molecule is CC(c1cc(N)ccc1N)N1C=NCC1. The number of aliphatic imine (C=N–C) groups is 1. The molecule has 4 heteroatoms. The summed E-state index contributed by atoms with van der Waals surface area (Å²) in [4.78, 5) is 6.36. The lowest BCUT2D eigenvalue weighted by atomic mass is 10.0. The first kappa shape index (κ1) is 9.83. The zero-order chi connectivity index (χ0) is 10.8. The second-order valence-corrected chi connectivity index (χ2v) is 3.82. The predicted molar refractivity (Wildman–Crippen MR) is 63.7 cm³/mol. The van der Waals surface area contributed by atoms with E-state index in [-0.39, 0.29) is 6.04 Å². The molecule has 1 aromatic carbocycles. The number of benzene rings is 1. The van der Waals surface area contributed by atoms with Crippen molar-refractivity contribution in [3.8, 4) is 0 Å². The molecule has 4 N–H and O–H groups in total. The van der Waals surface area contributed by atoms with Crippen LogP contribution in [-0.2, 0) is 0 Å². The topological polar surface area (TPSA) is 67.6 Å². The molecule has 1 atom stereocenters. The maximum atomic E-state index is 5.93. The minimum Gasteiger partial charge on any atom is -0.399 e. The molecule has 0 saturated heterocycles. The van der Waals surface area contributed by atoms with Gasteiger partial charge in [-0.2, -0.15) is 0 Å². The Morgan fingerprint density at radius 2 is 2.20 bits per heavy atom. The molecule has 0 saturated carbocycles. The van der Waals surface area contributed by atoms with Gasteiger partial charge in [-0.15, -0.1) is 0 Å². The van der Waals surface area contributed by atoms with Gasteiger partial charge in [0.2, 0.25) is 0 Å². The van der Waals surface area contributed by atoms with Crippen LogP contribution >= 0.6 is 0 Å². The van der Waals surface area contributed by atoms with E-state index in [4.69, 9.17) is 11.5 Å². The summed E-state index contributed by atoms with van der Waals surface area (Å²) in [6.07, 6.45) is 1.88. The van der Waals surface area contributed by atoms with Crippen LogP contribution in [0.4, 0.5) is 11.4 Å². The van der Waals surface area contributed by atoms with E-state index >= 15 is 0 Å². The molecule has 1 aliphatic heterocycles. The number of hydrogen-bond donors (Lipinski definition) is 2. The van der Waals surface area contributed by atoms with Gasteiger partial charge in [0, 0.05) is 17.9 Å². The van der Waals surface area contributed by atoms with Crippen molar-refractivity contribution in [2.45, 2.75) is 13.0 Å². The monoisotopic (exact) mass is 204 g/mol. The van der Waals surface area contributed by atoms with Crippen LogP contribution in [0.1, 0.15) is 18.5 Å². The number of nitrogens with zero attached hydrogens (tertiary/aromatic N) is 2. The molecule has 1 aromatic rings. The van der Waals surface area contributed by atoms with Gasteiger partial charge in [-0.1, -0.05) is 0 Å². The zero-order valence-electron chi connectivity index (χ0n) is 8.85. The fraction of sp³-hybridized carbons (Fsp3) is 0.364. The third-order valence-electron chi connectivity index (χ3n) is 2.78. The standard InChI is InChI=1S/C11H16N4/c1-8(15-5-4-14-7-15)10-6-9(12)2-3-11(10)13/h2-3,6-8H,4-5,12-13H2,1H3. The largest absolute Gasteiger partial charge is 0.399 e. The van der Waals surface area contributed by atoms with Crippen LogP contribution in [0, 0.1) is 0 Å². The Kier molecular flexibility index (Phi) is 2.49.